The Bertz CT molecular complexity index is 576. The van der Waals surface area contributed by atoms with Gasteiger partial charge in [0, 0.05) is 17.3 Å². The van der Waals surface area contributed by atoms with Crippen molar-refractivity contribution in [3.8, 4) is 6.01 Å². The van der Waals surface area contributed by atoms with Crippen LogP contribution in [0.5, 0.6) is 6.01 Å². The molecule has 1 heterocycles. The van der Waals surface area contributed by atoms with Crippen LogP contribution in [0.2, 0.25) is 5.02 Å². The van der Waals surface area contributed by atoms with E-state index in [1.165, 1.54) is 0 Å². The van der Waals surface area contributed by atoms with Crippen molar-refractivity contribution in [2.45, 2.75) is 20.3 Å². The number of aromatic nitrogens is 3. The zero-order valence-electron chi connectivity index (χ0n) is 12.1. The van der Waals surface area contributed by atoms with Gasteiger partial charge in [-0.25, -0.2) is 0 Å². The largest absolute Gasteiger partial charge is 0.463 e. The van der Waals surface area contributed by atoms with Crippen molar-refractivity contribution in [3.05, 3.63) is 29.3 Å². The summed E-state index contributed by atoms with van der Waals surface area (Å²) in [6, 6.07) is 7.60. The predicted molar refractivity (Wildman–Crippen MR) is 84.5 cm³/mol. The minimum Gasteiger partial charge on any atom is -0.463 e. The standard InChI is InChI=1S/C14H18ClN5O/c1-3-9-21-14-19-12(16-4-2)18-13(20-14)17-11-7-5-10(15)6-8-11/h5-8H,3-4,9H2,1-2H3,(H2,16,17,18,19,20). The monoisotopic (exact) mass is 307 g/mol. The normalized spacial score (nSPS) is 10.2. The molecule has 2 rings (SSSR count). The minimum absolute atomic E-state index is 0.305. The van der Waals surface area contributed by atoms with Gasteiger partial charge in [0.05, 0.1) is 6.61 Å². The molecule has 112 valence electrons. The first-order valence-electron chi connectivity index (χ1n) is 6.86. The first-order valence-corrected chi connectivity index (χ1v) is 7.24. The first-order chi connectivity index (χ1) is 10.2. The number of halogens is 1. The lowest BCUT2D eigenvalue weighted by Crippen LogP contribution is -2.09. The van der Waals surface area contributed by atoms with Crippen molar-refractivity contribution in [2.75, 3.05) is 23.8 Å². The topological polar surface area (TPSA) is 72.0 Å². The Balaban J connectivity index is 2.19. The number of nitrogens with zero attached hydrogens (tertiary/aromatic N) is 3. The van der Waals surface area contributed by atoms with Crippen molar-refractivity contribution < 1.29 is 4.74 Å². The summed E-state index contributed by atoms with van der Waals surface area (Å²) < 4.78 is 5.48. The molecule has 7 heteroatoms. The fourth-order valence-corrected chi connectivity index (χ4v) is 1.70. The molecule has 1 aromatic heterocycles. The molecule has 2 aromatic rings. The smallest absolute Gasteiger partial charge is 0.323 e. The van der Waals surface area contributed by atoms with E-state index in [4.69, 9.17) is 16.3 Å². The van der Waals surface area contributed by atoms with Gasteiger partial charge in [0.15, 0.2) is 0 Å². The number of ether oxygens (including phenoxy) is 1. The lowest BCUT2D eigenvalue weighted by molar-refractivity contribution is 0.292. The summed E-state index contributed by atoms with van der Waals surface area (Å²) in [4.78, 5) is 12.7. The summed E-state index contributed by atoms with van der Waals surface area (Å²) in [7, 11) is 0. The second kappa shape index (κ2) is 7.64. The predicted octanol–water partition coefficient (Wildman–Crippen LogP) is 3.49. The van der Waals surface area contributed by atoms with Gasteiger partial charge in [0.25, 0.3) is 0 Å². The Kier molecular flexibility index (Phi) is 5.57. The molecule has 0 spiro atoms. The second-order valence-electron chi connectivity index (χ2n) is 4.28. The minimum atomic E-state index is 0.305. The lowest BCUT2D eigenvalue weighted by atomic mass is 10.3. The fraction of sp³-hybridized carbons (Fsp3) is 0.357. The van der Waals surface area contributed by atoms with Crippen LogP contribution in [0.15, 0.2) is 24.3 Å². The lowest BCUT2D eigenvalue weighted by Gasteiger charge is -2.09. The zero-order chi connectivity index (χ0) is 15.1. The molecule has 0 radical (unpaired) electrons. The van der Waals surface area contributed by atoms with Crippen LogP contribution in [-0.4, -0.2) is 28.1 Å². The molecule has 21 heavy (non-hydrogen) atoms. The Hall–Kier alpha value is -2.08. The molecule has 0 saturated carbocycles. The van der Waals surface area contributed by atoms with E-state index >= 15 is 0 Å². The van der Waals surface area contributed by atoms with E-state index in [0.717, 1.165) is 18.7 Å². The fourth-order valence-electron chi connectivity index (χ4n) is 1.57. The van der Waals surface area contributed by atoms with E-state index < -0.39 is 0 Å². The maximum atomic E-state index is 5.86. The number of benzene rings is 1. The number of anilines is 3. The van der Waals surface area contributed by atoms with Gasteiger partial charge in [-0.2, -0.15) is 15.0 Å². The molecular formula is C14H18ClN5O. The molecule has 0 aliphatic rings. The molecule has 2 N–H and O–H groups in total. The van der Waals surface area contributed by atoms with Crippen molar-refractivity contribution in [1.29, 1.82) is 0 Å². The van der Waals surface area contributed by atoms with Crippen molar-refractivity contribution in [1.82, 2.24) is 15.0 Å². The SMILES string of the molecule is CCCOc1nc(NCC)nc(Nc2ccc(Cl)cc2)n1. The highest BCUT2D eigenvalue weighted by Crippen LogP contribution is 2.18. The number of hydrogen-bond donors (Lipinski definition) is 2. The average Bonchev–Trinajstić information content (AvgIpc) is 2.48. The van der Waals surface area contributed by atoms with E-state index in [1.54, 1.807) is 12.1 Å². The third-order valence-electron chi connectivity index (χ3n) is 2.49. The van der Waals surface area contributed by atoms with Gasteiger partial charge in [-0.15, -0.1) is 0 Å². The van der Waals surface area contributed by atoms with Gasteiger partial charge in [-0.05, 0) is 37.6 Å². The maximum absolute atomic E-state index is 5.86. The molecule has 6 nitrogen and oxygen atoms in total. The van der Waals surface area contributed by atoms with Crippen molar-refractivity contribution in [2.24, 2.45) is 0 Å². The summed E-state index contributed by atoms with van der Waals surface area (Å²) in [6.07, 6.45) is 0.891. The molecule has 0 aliphatic heterocycles. The summed E-state index contributed by atoms with van der Waals surface area (Å²) in [5.74, 6) is 0.907. The van der Waals surface area contributed by atoms with Crippen LogP contribution in [0.3, 0.4) is 0 Å². The van der Waals surface area contributed by atoms with E-state index in [2.05, 4.69) is 25.6 Å². The molecule has 0 saturated heterocycles. The summed E-state index contributed by atoms with van der Waals surface area (Å²) >= 11 is 5.86. The summed E-state index contributed by atoms with van der Waals surface area (Å²) in [5.41, 5.74) is 0.842. The van der Waals surface area contributed by atoms with Crippen LogP contribution in [-0.2, 0) is 0 Å². The van der Waals surface area contributed by atoms with Crippen LogP contribution in [0.4, 0.5) is 17.6 Å². The molecule has 0 bridgehead atoms. The molecule has 0 atom stereocenters. The van der Waals surface area contributed by atoms with Gasteiger partial charge in [-0.1, -0.05) is 18.5 Å². The third kappa shape index (κ3) is 4.75. The van der Waals surface area contributed by atoms with Crippen LogP contribution in [0, 0.1) is 0 Å². The Morgan fingerprint density at radius 1 is 1.05 bits per heavy atom. The van der Waals surface area contributed by atoms with E-state index in [-0.39, 0.29) is 0 Å². The molecule has 0 unspecified atom stereocenters. The highest BCUT2D eigenvalue weighted by Gasteiger charge is 2.07. The average molecular weight is 308 g/mol. The summed E-state index contributed by atoms with van der Waals surface area (Å²) in [5, 5.41) is 6.84. The van der Waals surface area contributed by atoms with Crippen LogP contribution in [0.25, 0.3) is 0 Å². The molecule has 1 aromatic carbocycles. The third-order valence-corrected chi connectivity index (χ3v) is 2.74. The molecular weight excluding hydrogens is 290 g/mol. The Morgan fingerprint density at radius 3 is 2.43 bits per heavy atom. The van der Waals surface area contributed by atoms with Crippen LogP contribution < -0.4 is 15.4 Å². The van der Waals surface area contributed by atoms with E-state index in [1.807, 2.05) is 26.0 Å². The molecule has 0 aliphatic carbocycles. The Morgan fingerprint density at radius 2 is 1.76 bits per heavy atom. The number of hydrogen-bond acceptors (Lipinski definition) is 6. The molecule has 0 amide bonds. The van der Waals surface area contributed by atoms with Gasteiger partial charge in [0.1, 0.15) is 0 Å². The number of nitrogens with one attached hydrogen (secondary N) is 2. The van der Waals surface area contributed by atoms with Gasteiger partial charge in [-0.3, -0.25) is 0 Å². The van der Waals surface area contributed by atoms with E-state index in [9.17, 15) is 0 Å². The maximum Gasteiger partial charge on any atom is 0.323 e. The van der Waals surface area contributed by atoms with Crippen molar-refractivity contribution in [3.63, 3.8) is 0 Å². The summed E-state index contributed by atoms with van der Waals surface area (Å²) in [6.45, 7) is 5.29. The second-order valence-corrected chi connectivity index (χ2v) is 4.71. The van der Waals surface area contributed by atoms with Gasteiger partial charge in [0.2, 0.25) is 11.9 Å². The quantitative estimate of drug-likeness (QED) is 0.816. The van der Waals surface area contributed by atoms with E-state index in [0.29, 0.717) is 29.5 Å². The highest BCUT2D eigenvalue weighted by atomic mass is 35.5. The molecule has 0 fully saturated rings. The van der Waals surface area contributed by atoms with Crippen molar-refractivity contribution >= 4 is 29.2 Å². The van der Waals surface area contributed by atoms with Crippen LogP contribution in [0.1, 0.15) is 20.3 Å². The van der Waals surface area contributed by atoms with Gasteiger partial charge < -0.3 is 15.4 Å². The zero-order valence-corrected chi connectivity index (χ0v) is 12.8. The number of rotatable bonds is 7. The Labute approximate surface area is 128 Å². The van der Waals surface area contributed by atoms with Gasteiger partial charge >= 0.3 is 6.01 Å². The van der Waals surface area contributed by atoms with Crippen LogP contribution >= 0.6 is 11.6 Å². The first kappa shape index (κ1) is 15.3. The highest BCUT2D eigenvalue weighted by molar-refractivity contribution is 6.30.